The van der Waals surface area contributed by atoms with Crippen molar-refractivity contribution < 1.29 is 0 Å². The molecular formula is C27H26N6O. The summed E-state index contributed by atoms with van der Waals surface area (Å²) in [5, 5.41) is 15.2. The first-order valence-corrected chi connectivity index (χ1v) is 11.6. The maximum Gasteiger partial charge on any atom is 0.280 e. The Bertz CT molecular complexity index is 1490. The molecule has 0 amide bonds. The van der Waals surface area contributed by atoms with Crippen molar-refractivity contribution in [2.24, 2.45) is 0 Å². The molecule has 0 saturated carbocycles. The number of fused-ring (bicyclic) bond motifs is 1. The van der Waals surface area contributed by atoms with Gasteiger partial charge in [-0.05, 0) is 52.9 Å². The molecule has 7 heteroatoms. The van der Waals surface area contributed by atoms with Crippen LogP contribution in [0.2, 0.25) is 0 Å². The number of benzene rings is 3. The Kier molecular flexibility index (Phi) is 5.99. The van der Waals surface area contributed by atoms with Crippen molar-refractivity contribution in [1.82, 2.24) is 30.2 Å². The van der Waals surface area contributed by atoms with E-state index in [9.17, 15) is 4.79 Å². The molecule has 2 aromatic heterocycles. The molecule has 0 radical (unpaired) electrons. The Hall–Kier alpha value is -4.13. The highest BCUT2D eigenvalue weighted by molar-refractivity contribution is 5.81. The van der Waals surface area contributed by atoms with Gasteiger partial charge in [-0.15, -0.1) is 10.2 Å². The Morgan fingerprint density at radius 2 is 1.76 bits per heavy atom. The van der Waals surface area contributed by atoms with E-state index < -0.39 is 0 Å². The molecule has 5 rings (SSSR count). The van der Waals surface area contributed by atoms with Crippen LogP contribution < -0.4 is 5.56 Å². The number of aromatic nitrogens is 6. The highest BCUT2D eigenvalue weighted by atomic mass is 16.1. The Morgan fingerprint density at radius 3 is 2.50 bits per heavy atom. The number of aromatic amines is 1. The van der Waals surface area contributed by atoms with Gasteiger partial charge in [0, 0.05) is 18.5 Å². The second kappa shape index (κ2) is 9.39. The van der Waals surface area contributed by atoms with E-state index in [1.54, 1.807) is 0 Å². The Balaban J connectivity index is 1.53. The minimum atomic E-state index is -0.147. The van der Waals surface area contributed by atoms with Gasteiger partial charge in [-0.3, -0.25) is 4.79 Å². The standard InChI is InChI=1S/C27H26N6O/c1-3-4-9-25-28-27(34)23-15-10-18(2)16-24(23)33(25)17-19-11-13-20(14-12-19)21-7-5-6-8-22(21)26-29-31-32-30-26/h5-8,10-16H,3-4,9,17H2,1-2H3,(H,29,30,31,32). The molecule has 0 fully saturated rings. The average Bonchev–Trinajstić information content (AvgIpc) is 3.40. The smallest absolute Gasteiger partial charge is 0.280 e. The molecule has 0 aliphatic rings. The summed E-state index contributed by atoms with van der Waals surface area (Å²) >= 11 is 0. The molecule has 0 unspecified atom stereocenters. The van der Waals surface area contributed by atoms with Crippen LogP contribution in [0.1, 0.15) is 36.7 Å². The Labute approximate surface area is 197 Å². The summed E-state index contributed by atoms with van der Waals surface area (Å²) in [6.07, 6.45) is 2.83. The third kappa shape index (κ3) is 4.24. The van der Waals surface area contributed by atoms with E-state index in [0.29, 0.717) is 17.8 Å². The van der Waals surface area contributed by atoms with Gasteiger partial charge in [0.2, 0.25) is 5.82 Å². The van der Waals surface area contributed by atoms with E-state index >= 15 is 0 Å². The third-order valence-corrected chi connectivity index (χ3v) is 6.09. The predicted molar refractivity (Wildman–Crippen MR) is 134 cm³/mol. The number of nitrogens with zero attached hydrogens (tertiary/aromatic N) is 5. The molecular weight excluding hydrogens is 424 g/mol. The van der Waals surface area contributed by atoms with Gasteiger partial charge in [0.05, 0.1) is 10.9 Å². The summed E-state index contributed by atoms with van der Waals surface area (Å²) < 4.78 is 2.20. The molecule has 0 bridgehead atoms. The second-order valence-corrected chi connectivity index (χ2v) is 8.52. The average molecular weight is 451 g/mol. The summed E-state index contributed by atoms with van der Waals surface area (Å²) in [5.41, 5.74) is 6.12. The van der Waals surface area contributed by atoms with E-state index in [1.807, 2.05) is 30.3 Å². The molecule has 3 aromatic carbocycles. The van der Waals surface area contributed by atoms with Crippen LogP contribution in [-0.2, 0) is 13.0 Å². The van der Waals surface area contributed by atoms with Crippen LogP contribution in [0.3, 0.4) is 0 Å². The molecule has 0 atom stereocenters. The fraction of sp³-hybridized carbons (Fsp3) is 0.222. The highest BCUT2D eigenvalue weighted by Gasteiger charge is 2.13. The van der Waals surface area contributed by atoms with Crippen molar-refractivity contribution in [3.8, 4) is 22.5 Å². The lowest BCUT2D eigenvalue weighted by Crippen LogP contribution is -2.20. The summed E-state index contributed by atoms with van der Waals surface area (Å²) in [7, 11) is 0. The number of rotatable bonds is 7. The molecule has 7 nitrogen and oxygen atoms in total. The molecule has 0 spiro atoms. The predicted octanol–water partition coefficient (Wildman–Crippen LogP) is 4.94. The fourth-order valence-corrected chi connectivity index (χ4v) is 4.30. The van der Waals surface area contributed by atoms with Gasteiger partial charge < -0.3 is 4.57 Å². The molecule has 1 N–H and O–H groups in total. The van der Waals surface area contributed by atoms with Crippen LogP contribution in [0.25, 0.3) is 33.4 Å². The first-order chi connectivity index (χ1) is 16.6. The number of unbranched alkanes of at least 4 members (excludes halogenated alkanes) is 1. The minimum absolute atomic E-state index is 0.147. The van der Waals surface area contributed by atoms with E-state index in [0.717, 1.165) is 58.4 Å². The first kappa shape index (κ1) is 21.7. The molecule has 2 heterocycles. The normalized spacial score (nSPS) is 11.2. The van der Waals surface area contributed by atoms with Crippen molar-refractivity contribution in [1.29, 1.82) is 0 Å². The number of aryl methyl sites for hydroxylation is 2. The summed E-state index contributed by atoms with van der Waals surface area (Å²) in [5.74, 6) is 1.41. The van der Waals surface area contributed by atoms with Crippen LogP contribution in [0.5, 0.6) is 0 Å². The number of tetrazole rings is 1. The van der Waals surface area contributed by atoms with E-state index in [4.69, 9.17) is 0 Å². The van der Waals surface area contributed by atoms with Crippen LogP contribution in [0.15, 0.2) is 71.5 Å². The van der Waals surface area contributed by atoms with Gasteiger partial charge in [0.1, 0.15) is 5.82 Å². The van der Waals surface area contributed by atoms with Gasteiger partial charge in [0.15, 0.2) is 0 Å². The van der Waals surface area contributed by atoms with E-state index in [1.165, 1.54) is 0 Å². The van der Waals surface area contributed by atoms with Crippen molar-refractivity contribution in [2.75, 3.05) is 0 Å². The van der Waals surface area contributed by atoms with Gasteiger partial charge in [-0.2, -0.15) is 10.2 Å². The number of hydrogen-bond donors (Lipinski definition) is 1. The fourth-order valence-electron chi connectivity index (χ4n) is 4.30. The van der Waals surface area contributed by atoms with Gasteiger partial charge in [-0.1, -0.05) is 67.9 Å². The largest absolute Gasteiger partial charge is 0.325 e. The Morgan fingerprint density at radius 1 is 0.971 bits per heavy atom. The summed E-state index contributed by atoms with van der Waals surface area (Å²) in [6, 6.07) is 22.5. The maximum atomic E-state index is 12.7. The van der Waals surface area contributed by atoms with Crippen LogP contribution >= 0.6 is 0 Å². The quantitative estimate of drug-likeness (QED) is 0.379. The molecule has 0 aliphatic heterocycles. The highest BCUT2D eigenvalue weighted by Crippen LogP contribution is 2.30. The molecule has 5 aromatic rings. The van der Waals surface area contributed by atoms with Crippen LogP contribution in [-0.4, -0.2) is 30.2 Å². The lowest BCUT2D eigenvalue weighted by Gasteiger charge is -2.17. The van der Waals surface area contributed by atoms with Crippen molar-refractivity contribution >= 4 is 10.9 Å². The van der Waals surface area contributed by atoms with E-state index in [2.05, 4.69) is 80.4 Å². The molecule has 0 aliphatic carbocycles. The number of hydrogen-bond acceptors (Lipinski definition) is 5. The maximum absolute atomic E-state index is 12.7. The topological polar surface area (TPSA) is 89.4 Å². The van der Waals surface area contributed by atoms with Gasteiger partial charge in [-0.25, -0.2) is 0 Å². The molecule has 34 heavy (non-hydrogen) atoms. The number of H-pyrrole nitrogens is 1. The van der Waals surface area contributed by atoms with Gasteiger partial charge >= 0.3 is 0 Å². The zero-order valence-corrected chi connectivity index (χ0v) is 19.3. The molecule has 0 saturated heterocycles. The summed E-state index contributed by atoms with van der Waals surface area (Å²) in [6.45, 7) is 4.86. The summed E-state index contributed by atoms with van der Waals surface area (Å²) in [4.78, 5) is 17.1. The third-order valence-electron chi connectivity index (χ3n) is 6.09. The number of nitrogens with one attached hydrogen (secondary N) is 1. The zero-order chi connectivity index (χ0) is 23.5. The monoisotopic (exact) mass is 450 g/mol. The second-order valence-electron chi connectivity index (χ2n) is 8.52. The first-order valence-electron chi connectivity index (χ1n) is 11.6. The van der Waals surface area contributed by atoms with Crippen molar-refractivity contribution in [2.45, 2.75) is 39.7 Å². The van der Waals surface area contributed by atoms with E-state index in [-0.39, 0.29) is 5.56 Å². The molecule has 170 valence electrons. The van der Waals surface area contributed by atoms with Crippen LogP contribution in [0.4, 0.5) is 0 Å². The lowest BCUT2D eigenvalue weighted by atomic mass is 9.98. The van der Waals surface area contributed by atoms with Crippen molar-refractivity contribution in [3.05, 3.63) is 94.0 Å². The zero-order valence-electron chi connectivity index (χ0n) is 19.3. The lowest BCUT2D eigenvalue weighted by molar-refractivity contribution is 0.669. The minimum Gasteiger partial charge on any atom is -0.325 e. The van der Waals surface area contributed by atoms with Crippen LogP contribution in [0, 0.1) is 6.92 Å². The van der Waals surface area contributed by atoms with Gasteiger partial charge in [0.25, 0.3) is 5.56 Å². The van der Waals surface area contributed by atoms with Crippen molar-refractivity contribution in [3.63, 3.8) is 0 Å². The SMILES string of the molecule is CCCCc1nc(=O)c2ccc(C)cc2n1Cc1ccc(-c2ccccc2-c2nn[nH]n2)cc1.